The van der Waals surface area contributed by atoms with Crippen molar-refractivity contribution in [3.63, 3.8) is 0 Å². The first-order chi connectivity index (χ1) is 18.2. The number of sulfonamides is 1. The van der Waals surface area contributed by atoms with Crippen LogP contribution in [0.3, 0.4) is 0 Å². The van der Waals surface area contributed by atoms with Gasteiger partial charge >= 0.3 is 0 Å². The van der Waals surface area contributed by atoms with E-state index in [9.17, 15) is 18.0 Å². The predicted octanol–water partition coefficient (Wildman–Crippen LogP) is 4.14. The Morgan fingerprint density at radius 1 is 0.921 bits per heavy atom. The Hall–Kier alpha value is -3.85. The van der Waals surface area contributed by atoms with Gasteiger partial charge in [-0.15, -0.1) is 0 Å². The second-order valence-corrected chi connectivity index (χ2v) is 10.6. The van der Waals surface area contributed by atoms with Crippen LogP contribution in [0.15, 0.2) is 83.8 Å². The van der Waals surface area contributed by atoms with Crippen molar-refractivity contribution < 1.29 is 22.7 Å². The maximum atomic E-state index is 14.0. The molecule has 0 aliphatic rings. The summed E-state index contributed by atoms with van der Waals surface area (Å²) >= 11 is 0. The molecule has 0 aliphatic heterocycles. The van der Waals surface area contributed by atoms with Crippen molar-refractivity contribution >= 4 is 27.5 Å². The van der Waals surface area contributed by atoms with Gasteiger partial charge in [-0.05, 0) is 55.7 Å². The summed E-state index contributed by atoms with van der Waals surface area (Å²) in [5.41, 5.74) is 2.08. The van der Waals surface area contributed by atoms with Gasteiger partial charge in [0.25, 0.3) is 10.0 Å². The molecule has 2 amide bonds. The van der Waals surface area contributed by atoms with Crippen molar-refractivity contribution in [2.75, 3.05) is 24.5 Å². The third-order valence-electron chi connectivity index (χ3n) is 6.28. The molecule has 202 valence electrons. The molecule has 0 saturated heterocycles. The number of hydrogen-bond donors (Lipinski definition) is 1. The van der Waals surface area contributed by atoms with Crippen LogP contribution in [0.25, 0.3) is 0 Å². The summed E-state index contributed by atoms with van der Waals surface area (Å²) in [4.78, 5) is 28.3. The average Bonchev–Trinajstić information content (AvgIpc) is 2.93. The molecule has 38 heavy (non-hydrogen) atoms. The Balaban J connectivity index is 2.11. The molecular formula is C29H35N3O5S. The van der Waals surface area contributed by atoms with Gasteiger partial charge in [0, 0.05) is 13.6 Å². The van der Waals surface area contributed by atoms with Crippen LogP contribution < -0.4 is 14.4 Å². The molecule has 0 aromatic heterocycles. The van der Waals surface area contributed by atoms with Crippen molar-refractivity contribution in [1.82, 2.24) is 10.2 Å². The summed E-state index contributed by atoms with van der Waals surface area (Å²) < 4.78 is 34.6. The van der Waals surface area contributed by atoms with Crippen LogP contribution in [0.5, 0.6) is 5.75 Å². The lowest BCUT2D eigenvalue weighted by Crippen LogP contribution is -2.51. The number of ether oxygens (including phenoxy) is 1. The third-order valence-corrected chi connectivity index (χ3v) is 8.05. The van der Waals surface area contributed by atoms with Crippen LogP contribution in [0, 0.1) is 6.92 Å². The Morgan fingerprint density at radius 2 is 1.55 bits per heavy atom. The van der Waals surface area contributed by atoms with Crippen LogP contribution in [-0.4, -0.2) is 51.4 Å². The zero-order chi connectivity index (χ0) is 27.7. The Kier molecular flexibility index (Phi) is 9.90. The Morgan fingerprint density at radius 3 is 2.18 bits per heavy atom. The first-order valence-electron chi connectivity index (χ1n) is 12.6. The predicted molar refractivity (Wildman–Crippen MR) is 148 cm³/mol. The van der Waals surface area contributed by atoms with E-state index in [1.165, 1.54) is 24.1 Å². The SMILES string of the molecule is CCOc1ccccc1N(CC(=O)N(Cc1ccccc1C)[C@@H](CC)C(=O)NC)S(=O)(=O)c1ccccc1. The quantitative estimate of drug-likeness (QED) is 0.375. The highest BCUT2D eigenvalue weighted by atomic mass is 32.2. The van der Waals surface area contributed by atoms with E-state index in [4.69, 9.17) is 4.74 Å². The van der Waals surface area contributed by atoms with Crippen LogP contribution in [0.1, 0.15) is 31.4 Å². The van der Waals surface area contributed by atoms with Crippen molar-refractivity contribution in [1.29, 1.82) is 0 Å². The van der Waals surface area contributed by atoms with Crippen molar-refractivity contribution in [2.45, 2.75) is 44.7 Å². The molecule has 0 radical (unpaired) electrons. The summed E-state index contributed by atoms with van der Waals surface area (Å²) in [6.07, 6.45) is 0.359. The topological polar surface area (TPSA) is 96.0 Å². The van der Waals surface area contributed by atoms with Gasteiger partial charge in [0.15, 0.2) is 0 Å². The van der Waals surface area contributed by atoms with E-state index >= 15 is 0 Å². The number of hydrogen-bond acceptors (Lipinski definition) is 5. The van der Waals surface area contributed by atoms with E-state index in [0.717, 1.165) is 15.4 Å². The fourth-order valence-corrected chi connectivity index (χ4v) is 5.68. The first-order valence-corrected chi connectivity index (χ1v) is 14.0. The molecule has 0 aliphatic carbocycles. The number of carbonyl (C=O) groups is 2. The second kappa shape index (κ2) is 13.1. The van der Waals surface area contributed by atoms with Gasteiger partial charge in [-0.2, -0.15) is 0 Å². The number of benzene rings is 3. The summed E-state index contributed by atoms with van der Waals surface area (Å²) in [7, 11) is -2.64. The van der Waals surface area contributed by atoms with Crippen LogP contribution in [0.2, 0.25) is 0 Å². The molecule has 0 spiro atoms. The first kappa shape index (κ1) is 28.7. The average molecular weight is 538 g/mol. The molecule has 0 fully saturated rings. The Labute approximate surface area is 225 Å². The van der Waals surface area contributed by atoms with Crippen LogP contribution >= 0.6 is 0 Å². The minimum Gasteiger partial charge on any atom is -0.492 e. The van der Waals surface area contributed by atoms with Crippen LogP contribution in [-0.2, 0) is 26.2 Å². The van der Waals surface area contributed by atoms with E-state index in [-0.39, 0.29) is 23.0 Å². The fourth-order valence-electron chi connectivity index (χ4n) is 4.23. The number of nitrogens with zero attached hydrogens (tertiary/aromatic N) is 2. The molecule has 9 heteroatoms. The van der Waals surface area contributed by atoms with Crippen molar-refractivity contribution in [3.05, 3.63) is 90.0 Å². The number of likely N-dealkylation sites (N-methyl/N-ethyl adjacent to an activating group) is 1. The number of para-hydroxylation sites is 2. The smallest absolute Gasteiger partial charge is 0.264 e. The van der Waals surface area contributed by atoms with E-state index in [1.54, 1.807) is 49.4 Å². The lowest BCUT2D eigenvalue weighted by molar-refractivity contribution is -0.140. The van der Waals surface area contributed by atoms with Gasteiger partial charge in [0.1, 0.15) is 18.3 Å². The van der Waals surface area contributed by atoms with E-state index < -0.39 is 28.5 Å². The lowest BCUT2D eigenvalue weighted by Gasteiger charge is -2.33. The summed E-state index contributed by atoms with van der Waals surface area (Å²) in [5.74, 6) is -0.484. The fraction of sp³-hybridized carbons (Fsp3) is 0.310. The number of rotatable bonds is 12. The van der Waals surface area contributed by atoms with E-state index in [2.05, 4.69) is 5.32 Å². The number of aryl methyl sites for hydroxylation is 1. The molecule has 0 unspecified atom stereocenters. The molecule has 3 aromatic carbocycles. The lowest BCUT2D eigenvalue weighted by atomic mass is 10.1. The van der Waals surface area contributed by atoms with E-state index in [0.29, 0.717) is 18.8 Å². The van der Waals surface area contributed by atoms with E-state index in [1.807, 2.05) is 38.1 Å². The molecule has 0 saturated carbocycles. The third kappa shape index (κ3) is 6.52. The number of anilines is 1. The molecule has 0 heterocycles. The zero-order valence-electron chi connectivity index (χ0n) is 22.3. The summed E-state index contributed by atoms with van der Waals surface area (Å²) in [6.45, 7) is 5.52. The molecular weight excluding hydrogens is 502 g/mol. The number of nitrogens with one attached hydrogen (secondary N) is 1. The monoisotopic (exact) mass is 537 g/mol. The van der Waals surface area contributed by atoms with Crippen LogP contribution in [0.4, 0.5) is 5.69 Å². The Bertz CT molecular complexity index is 1350. The highest BCUT2D eigenvalue weighted by Crippen LogP contribution is 2.33. The van der Waals surface area contributed by atoms with Gasteiger partial charge < -0.3 is 15.0 Å². The van der Waals surface area contributed by atoms with Crippen molar-refractivity contribution in [3.8, 4) is 5.75 Å². The molecule has 3 aromatic rings. The van der Waals surface area contributed by atoms with Gasteiger partial charge in [-0.1, -0.05) is 61.5 Å². The maximum Gasteiger partial charge on any atom is 0.264 e. The zero-order valence-corrected chi connectivity index (χ0v) is 23.1. The number of carbonyl (C=O) groups excluding carboxylic acids is 2. The van der Waals surface area contributed by atoms with Gasteiger partial charge in [0.05, 0.1) is 17.2 Å². The molecule has 1 atom stereocenters. The highest BCUT2D eigenvalue weighted by Gasteiger charge is 2.34. The minimum absolute atomic E-state index is 0.0444. The standard InChI is InChI=1S/C29H35N3O5S/c1-5-25(29(34)30-4)31(20-23-15-11-10-14-22(23)3)28(33)21-32(26-18-12-13-19-27(26)37-6-2)38(35,36)24-16-8-7-9-17-24/h7-19,25H,5-6,20-21H2,1-4H3,(H,30,34)/t25-/m0/s1. The molecule has 3 rings (SSSR count). The molecule has 0 bridgehead atoms. The maximum absolute atomic E-state index is 14.0. The van der Waals surface area contributed by atoms with Gasteiger partial charge in [0.2, 0.25) is 11.8 Å². The summed E-state index contributed by atoms with van der Waals surface area (Å²) in [6, 6.07) is 21.5. The molecule has 8 nitrogen and oxygen atoms in total. The number of amides is 2. The minimum atomic E-state index is -4.16. The van der Waals surface area contributed by atoms with Gasteiger partial charge in [-0.3, -0.25) is 13.9 Å². The normalized spacial score (nSPS) is 11.9. The van der Waals surface area contributed by atoms with Crippen molar-refractivity contribution in [2.24, 2.45) is 0 Å². The van der Waals surface area contributed by atoms with Gasteiger partial charge in [-0.25, -0.2) is 8.42 Å². The largest absolute Gasteiger partial charge is 0.492 e. The highest BCUT2D eigenvalue weighted by molar-refractivity contribution is 7.92. The summed E-state index contributed by atoms with van der Waals surface area (Å²) in [5, 5.41) is 2.63. The molecule has 1 N–H and O–H groups in total. The second-order valence-electron chi connectivity index (χ2n) is 8.71.